The second kappa shape index (κ2) is 10.0. The predicted octanol–water partition coefficient (Wildman–Crippen LogP) is 2.60. The Hall–Kier alpha value is -2.94. The first-order chi connectivity index (χ1) is 14.1. The Morgan fingerprint density at radius 2 is 2.10 bits per heavy atom. The lowest BCUT2D eigenvalue weighted by Gasteiger charge is -2.11. The van der Waals surface area contributed by atoms with Crippen molar-refractivity contribution in [3.05, 3.63) is 51.9 Å². The summed E-state index contributed by atoms with van der Waals surface area (Å²) < 4.78 is 13.3. The zero-order chi connectivity index (χ0) is 20.6. The normalized spacial score (nSPS) is 11.6. The van der Waals surface area contributed by atoms with Crippen LogP contribution in [-0.2, 0) is 6.42 Å². The van der Waals surface area contributed by atoms with Crippen LogP contribution in [0.4, 0.5) is 4.39 Å². The van der Waals surface area contributed by atoms with Crippen LogP contribution in [0, 0.1) is 12.7 Å². The number of guanidine groups is 1. The van der Waals surface area contributed by atoms with Gasteiger partial charge in [-0.25, -0.2) is 9.37 Å². The Bertz CT molecular complexity index is 996. The minimum atomic E-state index is -0.250. The van der Waals surface area contributed by atoms with Gasteiger partial charge in [-0.2, -0.15) is 0 Å². The summed E-state index contributed by atoms with van der Waals surface area (Å²) in [5, 5.41) is 10.3. The van der Waals surface area contributed by atoms with Gasteiger partial charge in [0.25, 0.3) is 5.91 Å². The number of aliphatic imine (C=N–C) groups is 1. The molecule has 0 aliphatic carbocycles. The molecule has 3 aromatic rings. The molecule has 0 spiro atoms. The van der Waals surface area contributed by atoms with Crippen LogP contribution >= 0.6 is 11.3 Å². The molecule has 0 aliphatic heterocycles. The summed E-state index contributed by atoms with van der Waals surface area (Å²) in [6.07, 6.45) is 2.64. The van der Waals surface area contributed by atoms with E-state index in [1.807, 2.05) is 20.0 Å². The third-order valence-electron chi connectivity index (χ3n) is 4.38. The van der Waals surface area contributed by atoms with E-state index in [1.54, 1.807) is 11.6 Å². The Balaban J connectivity index is 1.47. The van der Waals surface area contributed by atoms with Crippen molar-refractivity contribution in [3.63, 3.8) is 0 Å². The lowest BCUT2D eigenvalue weighted by Crippen LogP contribution is -2.41. The fourth-order valence-corrected chi connectivity index (χ4v) is 3.67. The molecule has 0 atom stereocenters. The molecular weight excluding hydrogens is 391 g/mol. The number of fused-ring (bicyclic) bond motifs is 1. The van der Waals surface area contributed by atoms with E-state index < -0.39 is 0 Å². The van der Waals surface area contributed by atoms with Crippen molar-refractivity contribution in [2.75, 3.05) is 26.2 Å². The van der Waals surface area contributed by atoms with Crippen LogP contribution in [0.5, 0.6) is 0 Å². The number of amides is 1. The quantitative estimate of drug-likeness (QED) is 0.258. The second-order valence-corrected chi connectivity index (χ2v) is 7.32. The highest BCUT2D eigenvalue weighted by Crippen LogP contribution is 2.19. The van der Waals surface area contributed by atoms with E-state index in [0.29, 0.717) is 30.5 Å². The summed E-state index contributed by atoms with van der Waals surface area (Å²) in [5.74, 6) is 0.339. The van der Waals surface area contributed by atoms with E-state index in [9.17, 15) is 9.18 Å². The molecule has 2 aromatic heterocycles. The average molecular weight is 417 g/mol. The number of thiazole rings is 1. The molecule has 0 radical (unpaired) electrons. The van der Waals surface area contributed by atoms with Gasteiger partial charge in [0.15, 0.2) is 5.96 Å². The maximum Gasteiger partial charge on any atom is 0.263 e. The van der Waals surface area contributed by atoms with Gasteiger partial charge < -0.3 is 20.9 Å². The maximum atomic E-state index is 13.3. The SMILES string of the molecule is CCNC(=NCCc1c[nH]c2cc(F)ccc12)NCCNC(=O)c1scnc1C. The lowest BCUT2D eigenvalue weighted by molar-refractivity contribution is 0.0957. The molecule has 0 unspecified atom stereocenters. The molecule has 1 amide bonds. The molecule has 29 heavy (non-hydrogen) atoms. The number of aryl methyl sites for hydroxylation is 1. The van der Waals surface area contributed by atoms with Gasteiger partial charge in [0.05, 0.1) is 11.2 Å². The minimum Gasteiger partial charge on any atom is -0.361 e. The zero-order valence-corrected chi connectivity index (χ0v) is 17.3. The highest BCUT2D eigenvalue weighted by atomic mass is 32.1. The topological polar surface area (TPSA) is 94.2 Å². The van der Waals surface area contributed by atoms with Gasteiger partial charge in [0.1, 0.15) is 10.7 Å². The number of hydrogen-bond acceptors (Lipinski definition) is 4. The van der Waals surface area contributed by atoms with Gasteiger partial charge in [0, 0.05) is 43.3 Å². The first kappa shape index (κ1) is 20.8. The lowest BCUT2D eigenvalue weighted by atomic mass is 10.1. The molecular formula is C20H25FN6OS. The van der Waals surface area contributed by atoms with Crippen molar-refractivity contribution in [1.29, 1.82) is 0 Å². The van der Waals surface area contributed by atoms with Crippen molar-refractivity contribution in [2.45, 2.75) is 20.3 Å². The van der Waals surface area contributed by atoms with Crippen LogP contribution in [0.1, 0.15) is 27.9 Å². The number of aromatic amines is 1. The Labute approximate surface area is 172 Å². The zero-order valence-electron chi connectivity index (χ0n) is 16.5. The molecule has 7 nitrogen and oxygen atoms in total. The molecule has 2 heterocycles. The summed E-state index contributed by atoms with van der Waals surface area (Å²) in [5.41, 5.74) is 4.31. The molecule has 3 rings (SSSR count). The summed E-state index contributed by atoms with van der Waals surface area (Å²) in [6.45, 7) is 6.19. The van der Waals surface area contributed by atoms with Gasteiger partial charge in [-0.3, -0.25) is 9.79 Å². The molecule has 9 heteroatoms. The van der Waals surface area contributed by atoms with E-state index in [2.05, 4.69) is 30.9 Å². The smallest absolute Gasteiger partial charge is 0.263 e. The molecule has 0 saturated carbocycles. The monoisotopic (exact) mass is 416 g/mol. The van der Waals surface area contributed by atoms with Crippen molar-refractivity contribution >= 4 is 34.1 Å². The molecule has 0 fully saturated rings. The minimum absolute atomic E-state index is 0.107. The summed E-state index contributed by atoms with van der Waals surface area (Å²) in [4.78, 5) is 24.5. The van der Waals surface area contributed by atoms with Crippen LogP contribution < -0.4 is 16.0 Å². The van der Waals surface area contributed by atoms with Gasteiger partial charge in [-0.1, -0.05) is 0 Å². The fourth-order valence-electron chi connectivity index (χ4n) is 2.95. The molecule has 154 valence electrons. The largest absolute Gasteiger partial charge is 0.361 e. The molecule has 0 aliphatic rings. The highest BCUT2D eigenvalue weighted by Gasteiger charge is 2.10. The van der Waals surface area contributed by atoms with E-state index in [-0.39, 0.29) is 11.7 Å². The number of nitrogens with one attached hydrogen (secondary N) is 4. The van der Waals surface area contributed by atoms with E-state index in [0.717, 1.165) is 35.1 Å². The molecule has 0 saturated heterocycles. The fraction of sp³-hybridized carbons (Fsp3) is 0.350. The number of carbonyl (C=O) groups is 1. The third-order valence-corrected chi connectivity index (χ3v) is 5.31. The highest BCUT2D eigenvalue weighted by molar-refractivity contribution is 7.11. The number of aromatic nitrogens is 2. The van der Waals surface area contributed by atoms with Crippen molar-refractivity contribution in [1.82, 2.24) is 25.9 Å². The predicted molar refractivity (Wildman–Crippen MR) is 115 cm³/mol. The van der Waals surface area contributed by atoms with Crippen LogP contribution in [0.2, 0.25) is 0 Å². The summed E-state index contributed by atoms with van der Waals surface area (Å²) >= 11 is 1.34. The first-order valence-electron chi connectivity index (χ1n) is 9.54. The van der Waals surface area contributed by atoms with E-state index in [4.69, 9.17) is 0 Å². The van der Waals surface area contributed by atoms with Crippen molar-refractivity contribution in [2.24, 2.45) is 4.99 Å². The molecule has 1 aromatic carbocycles. The van der Waals surface area contributed by atoms with Crippen molar-refractivity contribution < 1.29 is 9.18 Å². The Morgan fingerprint density at radius 3 is 2.86 bits per heavy atom. The number of H-pyrrole nitrogens is 1. The molecule has 0 bridgehead atoms. The van der Waals surface area contributed by atoms with Crippen LogP contribution in [-0.4, -0.2) is 48.0 Å². The van der Waals surface area contributed by atoms with E-state index in [1.165, 1.54) is 23.5 Å². The van der Waals surface area contributed by atoms with Gasteiger partial charge in [0.2, 0.25) is 0 Å². The number of carbonyl (C=O) groups excluding carboxylic acids is 1. The molecule has 4 N–H and O–H groups in total. The number of nitrogens with zero attached hydrogens (tertiary/aromatic N) is 2. The van der Waals surface area contributed by atoms with Crippen molar-refractivity contribution in [3.8, 4) is 0 Å². The Morgan fingerprint density at radius 1 is 1.28 bits per heavy atom. The number of hydrogen-bond donors (Lipinski definition) is 4. The standard InChI is InChI=1S/C20H25FN6OS/c1-3-22-20(25-9-8-23-19(28)18-13(2)27-12-29-18)24-7-6-14-11-26-17-10-15(21)4-5-16(14)17/h4-5,10-12,26H,3,6-9H2,1-2H3,(H,23,28)(H2,22,24,25). The number of benzene rings is 1. The van der Waals surface area contributed by atoms with Crippen LogP contribution in [0.15, 0.2) is 34.9 Å². The first-order valence-corrected chi connectivity index (χ1v) is 10.4. The average Bonchev–Trinajstić information content (AvgIpc) is 3.30. The third kappa shape index (κ3) is 5.54. The second-order valence-electron chi connectivity index (χ2n) is 6.46. The van der Waals surface area contributed by atoms with Gasteiger partial charge in [-0.05, 0) is 44.0 Å². The van der Waals surface area contributed by atoms with Gasteiger partial charge in [-0.15, -0.1) is 11.3 Å². The van der Waals surface area contributed by atoms with E-state index >= 15 is 0 Å². The van der Waals surface area contributed by atoms with Crippen LogP contribution in [0.3, 0.4) is 0 Å². The number of rotatable bonds is 8. The summed E-state index contributed by atoms with van der Waals surface area (Å²) in [7, 11) is 0. The number of halogens is 1. The Kier molecular flexibility index (Phi) is 7.18. The summed E-state index contributed by atoms with van der Waals surface area (Å²) in [6, 6.07) is 4.75. The van der Waals surface area contributed by atoms with Crippen LogP contribution in [0.25, 0.3) is 10.9 Å². The van der Waals surface area contributed by atoms with Gasteiger partial charge >= 0.3 is 0 Å². The maximum absolute atomic E-state index is 13.3.